The first-order valence-electron chi connectivity index (χ1n) is 7.86. The molecular formula is C17H17ClFNO4S2. The highest BCUT2D eigenvalue weighted by atomic mass is 35.5. The SMILES string of the molecule is CS(=O)(=O)c1ccccc1S(=O)(=O)N(Cc1c(F)cccc1Cl)C1CC1. The van der Waals surface area contributed by atoms with E-state index in [1.807, 2.05) is 0 Å². The molecule has 0 atom stereocenters. The molecule has 1 aliphatic carbocycles. The summed E-state index contributed by atoms with van der Waals surface area (Å²) in [6.45, 7) is -0.253. The standard InChI is InChI=1S/C17H17ClFNO4S2/c1-25(21,22)16-7-2-3-8-17(16)26(23,24)20(12-9-10-12)11-13-14(18)5-4-6-15(13)19/h2-8,12H,9-11H2,1H3. The average molecular weight is 418 g/mol. The minimum atomic E-state index is -4.15. The lowest BCUT2D eigenvalue weighted by Crippen LogP contribution is -2.34. The Morgan fingerprint density at radius 2 is 1.65 bits per heavy atom. The number of benzene rings is 2. The molecule has 0 heterocycles. The van der Waals surface area contributed by atoms with Gasteiger partial charge in [-0.3, -0.25) is 0 Å². The topological polar surface area (TPSA) is 71.5 Å². The Labute approximate surface area is 157 Å². The van der Waals surface area contributed by atoms with Gasteiger partial charge in [0.2, 0.25) is 10.0 Å². The normalized spacial score (nSPS) is 15.4. The molecule has 1 saturated carbocycles. The first-order valence-corrected chi connectivity index (χ1v) is 11.6. The molecule has 0 N–H and O–H groups in total. The highest BCUT2D eigenvalue weighted by Gasteiger charge is 2.40. The molecule has 5 nitrogen and oxygen atoms in total. The van der Waals surface area contributed by atoms with Crippen molar-refractivity contribution in [2.75, 3.05) is 6.26 Å². The van der Waals surface area contributed by atoms with Crippen molar-refractivity contribution in [3.8, 4) is 0 Å². The lowest BCUT2D eigenvalue weighted by atomic mass is 10.2. The second-order valence-electron chi connectivity index (χ2n) is 6.20. The zero-order valence-corrected chi connectivity index (χ0v) is 16.3. The second-order valence-corrected chi connectivity index (χ2v) is 10.5. The van der Waals surface area contributed by atoms with Crippen molar-refractivity contribution < 1.29 is 21.2 Å². The molecule has 0 unspecified atom stereocenters. The zero-order chi connectivity index (χ0) is 19.1. The van der Waals surface area contributed by atoms with Gasteiger partial charge in [-0.1, -0.05) is 29.8 Å². The van der Waals surface area contributed by atoms with Gasteiger partial charge in [0, 0.05) is 29.4 Å². The van der Waals surface area contributed by atoms with Crippen LogP contribution in [0.3, 0.4) is 0 Å². The van der Waals surface area contributed by atoms with Gasteiger partial charge in [-0.2, -0.15) is 4.31 Å². The maximum absolute atomic E-state index is 14.2. The summed E-state index contributed by atoms with van der Waals surface area (Å²) in [5, 5.41) is 0.127. The third-order valence-electron chi connectivity index (χ3n) is 4.17. The van der Waals surface area contributed by atoms with Crippen LogP contribution in [0.25, 0.3) is 0 Å². The fourth-order valence-electron chi connectivity index (χ4n) is 2.71. The minimum Gasteiger partial charge on any atom is -0.224 e. The van der Waals surface area contributed by atoms with Crippen LogP contribution in [0.15, 0.2) is 52.3 Å². The molecule has 140 valence electrons. The predicted octanol–water partition coefficient (Wildman–Crippen LogP) is 3.24. The summed E-state index contributed by atoms with van der Waals surface area (Å²) in [5.74, 6) is -0.602. The van der Waals surface area contributed by atoms with E-state index in [1.165, 1.54) is 42.5 Å². The van der Waals surface area contributed by atoms with E-state index in [0.717, 1.165) is 10.6 Å². The van der Waals surface area contributed by atoms with Crippen molar-refractivity contribution in [1.82, 2.24) is 4.31 Å². The van der Waals surface area contributed by atoms with Crippen molar-refractivity contribution in [1.29, 1.82) is 0 Å². The van der Waals surface area contributed by atoms with Crippen LogP contribution in [0.2, 0.25) is 5.02 Å². The van der Waals surface area contributed by atoms with E-state index < -0.39 is 25.7 Å². The van der Waals surface area contributed by atoms with Crippen molar-refractivity contribution in [3.05, 3.63) is 58.9 Å². The molecule has 1 aliphatic rings. The molecule has 26 heavy (non-hydrogen) atoms. The lowest BCUT2D eigenvalue weighted by Gasteiger charge is -2.23. The van der Waals surface area contributed by atoms with Crippen molar-refractivity contribution >= 4 is 31.5 Å². The number of halogens is 2. The summed E-state index contributed by atoms with van der Waals surface area (Å²) in [6, 6.07) is 9.27. The number of sulfonamides is 1. The summed E-state index contributed by atoms with van der Waals surface area (Å²) in [6.07, 6.45) is 2.22. The summed E-state index contributed by atoms with van der Waals surface area (Å²) in [7, 11) is -7.91. The Balaban J connectivity index is 2.10. The van der Waals surface area contributed by atoms with Gasteiger partial charge in [0.15, 0.2) is 9.84 Å². The Morgan fingerprint density at radius 1 is 1.04 bits per heavy atom. The van der Waals surface area contributed by atoms with Gasteiger partial charge in [-0.05, 0) is 37.1 Å². The van der Waals surface area contributed by atoms with E-state index in [2.05, 4.69) is 0 Å². The van der Waals surface area contributed by atoms with E-state index in [9.17, 15) is 21.2 Å². The van der Waals surface area contributed by atoms with Crippen molar-refractivity contribution in [3.63, 3.8) is 0 Å². The van der Waals surface area contributed by atoms with Gasteiger partial charge >= 0.3 is 0 Å². The highest BCUT2D eigenvalue weighted by molar-refractivity contribution is 7.93. The van der Waals surface area contributed by atoms with E-state index in [4.69, 9.17) is 11.6 Å². The predicted molar refractivity (Wildman–Crippen MR) is 96.7 cm³/mol. The number of hydrogen-bond acceptors (Lipinski definition) is 4. The van der Waals surface area contributed by atoms with Crippen LogP contribution in [0.5, 0.6) is 0 Å². The Hall–Kier alpha value is -1.48. The van der Waals surface area contributed by atoms with Gasteiger partial charge in [0.1, 0.15) is 10.7 Å². The van der Waals surface area contributed by atoms with Crippen molar-refractivity contribution in [2.24, 2.45) is 0 Å². The molecule has 0 radical (unpaired) electrons. The monoisotopic (exact) mass is 417 g/mol. The smallest absolute Gasteiger partial charge is 0.224 e. The zero-order valence-electron chi connectivity index (χ0n) is 13.9. The van der Waals surface area contributed by atoms with Crippen LogP contribution in [0, 0.1) is 5.82 Å². The molecule has 1 fully saturated rings. The number of sulfone groups is 1. The highest BCUT2D eigenvalue weighted by Crippen LogP contribution is 2.36. The summed E-state index contributed by atoms with van der Waals surface area (Å²) in [5.41, 5.74) is 0.0708. The summed E-state index contributed by atoms with van der Waals surface area (Å²) < 4.78 is 65.7. The van der Waals surface area contributed by atoms with Crippen LogP contribution in [-0.2, 0) is 26.4 Å². The van der Waals surface area contributed by atoms with Gasteiger partial charge < -0.3 is 0 Å². The quantitative estimate of drug-likeness (QED) is 0.723. The molecule has 0 saturated heterocycles. The molecular weight excluding hydrogens is 401 g/mol. The third-order valence-corrected chi connectivity index (χ3v) is 7.76. The molecule has 0 bridgehead atoms. The Morgan fingerprint density at radius 3 is 2.19 bits per heavy atom. The maximum atomic E-state index is 14.2. The molecule has 2 aromatic rings. The van der Waals surface area contributed by atoms with Crippen LogP contribution >= 0.6 is 11.6 Å². The molecule has 9 heteroatoms. The fourth-order valence-corrected chi connectivity index (χ4v) is 6.19. The van der Waals surface area contributed by atoms with Crippen LogP contribution < -0.4 is 0 Å². The largest absolute Gasteiger partial charge is 0.244 e. The fraction of sp³-hybridized carbons (Fsp3) is 0.294. The Bertz CT molecular complexity index is 1030. The Kier molecular flexibility index (Phi) is 5.13. The maximum Gasteiger partial charge on any atom is 0.244 e. The first-order chi connectivity index (χ1) is 12.1. The molecule has 3 rings (SSSR count). The van der Waals surface area contributed by atoms with Gasteiger partial charge in [0.05, 0.1) is 4.90 Å². The average Bonchev–Trinajstić information content (AvgIpc) is 3.38. The van der Waals surface area contributed by atoms with Gasteiger partial charge in [-0.15, -0.1) is 0 Å². The van der Waals surface area contributed by atoms with Gasteiger partial charge in [-0.25, -0.2) is 21.2 Å². The number of rotatable bonds is 6. The second kappa shape index (κ2) is 6.92. The number of hydrogen-bond donors (Lipinski definition) is 0. The molecule has 0 amide bonds. The molecule has 0 aromatic heterocycles. The first kappa shape index (κ1) is 19.3. The van der Waals surface area contributed by atoms with Gasteiger partial charge in [0.25, 0.3) is 0 Å². The third kappa shape index (κ3) is 3.78. The van der Waals surface area contributed by atoms with Crippen LogP contribution in [-0.4, -0.2) is 33.4 Å². The van der Waals surface area contributed by atoms with E-state index >= 15 is 0 Å². The molecule has 0 spiro atoms. The van der Waals surface area contributed by atoms with E-state index in [1.54, 1.807) is 0 Å². The summed E-state index contributed by atoms with van der Waals surface area (Å²) >= 11 is 6.04. The lowest BCUT2D eigenvalue weighted by molar-refractivity contribution is 0.390. The van der Waals surface area contributed by atoms with E-state index in [-0.39, 0.29) is 33.0 Å². The van der Waals surface area contributed by atoms with Crippen molar-refractivity contribution in [2.45, 2.75) is 35.2 Å². The number of nitrogens with zero attached hydrogens (tertiary/aromatic N) is 1. The van der Waals surface area contributed by atoms with Crippen LogP contribution in [0.1, 0.15) is 18.4 Å². The summed E-state index contributed by atoms with van der Waals surface area (Å²) in [4.78, 5) is -0.577. The molecule has 2 aromatic carbocycles. The van der Waals surface area contributed by atoms with E-state index in [0.29, 0.717) is 12.8 Å². The minimum absolute atomic E-state index is 0.0708. The molecule has 0 aliphatic heterocycles. The van der Waals surface area contributed by atoms with Crippen LogP contribution in [0.4, 0.5) is 4.39 Å².